The van der Waals surface area contributed by atoms with Gasteiger partial charge in [0.1, 0.15) is 0 Å². The third-order valence-corrected chi connectivity index (χ3v) is 4.98. The van der Waals surface area contributed by atoms with Crippen molar-refractivity contribution >= 4 is 18.3 Å². The maximum Gasteiger partial charge on any atom is 0.226 e. The fraction of sp³-hybridized carbons (Fsp3) is 0.350. The molecule has 1 aliphatic carbocycles. The molecule has 0 atom stereocenters. The molecule has 0 radical (unpaired) electrons. The SMILES string of the molecule is CN/C=C\c1cc(-c2nc(N3CC(O)C3)nc3c2CCC3)ccc1C=O. The van der Waals surface area contributed by atoms with Crippen LogP contribution in [-0.4, -0.2) is 47.6 Å². The summed E-state index contributed by atoms with van der Waals surface area (Å²) < 4.78 is 0. The summed E-state index contributed by atoms with van der Waals surface area (Å²) in [6.07, 6.45) is 7.31. The van der Waals surface area contributed by atoms with Gasteiger partial charge in [0.2, 0.25) is 5.95 Å². The molecular formula is C20H22N4O2. The third kappa shape index (κ3) is 2.97. The van der Waals surface area contributed by atoms with E-state index < -0.39 is 0 Å². The third-order valence-electron chi connectivity index (χ3n) is 4.98. The molecule has 1 fully saturated rings. The zero-order valence-corrected chi connectivity index (χ0v) is 14.8. The minimum Gasteiger partial charge on any atom is -0.394 e. The van der Waals surface area contributed by atoms with E-state index in [4.69, 9.17) is 9.97 Å². The normalized spacial score (nSPS) is 16.6. The number of aromatic nitrogens is 2. The van der Waals surface area contributed by atoms with Gasteiger partial charge in [-0.15, -0.1) is 0 Å². The Labute approximate surface area is 152 Å². The average molecular weight is 350 g/mol. The van der Waals surface area contributed by atoms with Crippen molar-refractivity contribution in [3.63, 3.8) is 0 Å². The van der Waals surface area contributed by atoms with Crippen molar-refractivity contribution in [1.82, 2.24) is 15.3 Å². The Balaban J connectivity index is 1.79. The molecule has 1 aliphatic heterocycles. The van der Waals surface area contributed by atoms with Crippen molar-refractivity contribution < 1.29 is 9.90 Å². The molecule has 4 rings (SSSR count). The Bertz CT molecular complexity index is 872. The number of hydrogen-bond donors (Lipinski definition) is 2. The van der Waals surface area contributed by atoms with Gasteiger partial charge in [-0.3, -0.25) is 4.79 Å². The first kappa shape index (κ1) is 16.7. The molecule has 1 aromatic heterocycles. The number of aryl methyl sites for hydroxylation is 1. The van der Waals surface area contributed by atoms with Gasteiger partial charge in [0.25, 0.3) is 0 Å². The van der Waals surface area contributed by atoms with Crippen molar-refractivity contribution in [3.05, 3.63) is 46.8 Å². The van der Waals surface area contributed by atoms with E-state index in [0.29, 0.717) is 24.6 Å². The Hall–Kier alpha value is -2.73. The number of aliphatic hydroxyl groups is 1. The first-order valence-electron chi connectivity index (χ1n) is 8.96. The van der Waals surface area contributed by atoms with Crippen LogP contribution in [0.5, 0.6) is 0 Å². The van der Waals surface area contributed by atoms with E-state index in [1.165, 1.54) is 5.56 Å². The summed E-state index contributed by atoms with van der Waals surface area (Å²) in [7, 11) is 1.83. The van der Waals surface area contributed by atoms with E-state index in [1.54, 1.807) is 0 Å². The molecule has 0 unspecified atom stereocenters. The van der Waals surface area contributed by atoms with Crippen LogP contribution in [0.25, 0.3) is 17.3 Å². The topological polar surface area (TPSA) is 78.3 Å². The summed E-state index contributed by atoms with van der Waals surface area (Å²) in [6, 6.07) is 5.80. The Kier molecular flexibility index (Phi) is 4.42. The first-order valence-corrected chi connectivity index (χ1v) is 8.96. The largest absolute Gasteiger partial charge is 0.394 e. The van der Waals surface area contributed by atoms with Gasteiger partial charge >= 0.3 is 0 Å². The van der Waals surface area contributed by atoms with Crippen LogP contribution in [0.2, 0.25) is 0 Å². The molecule has 0 amide bonds. The number of nitrogens with one attached hydrogen (secondary N) is 1. The lowest BCUT2D eigenvalue weighted by Crippen LogP contribution is -2.51. The summed E-state index contributed by atoms with van der Waals surface area (Å²) in [5.74, 6) is 0.692. The molecule has 1 saturated heterocycles. The molecule has 26 heavy (non-hydrogen) atoms. The minimum atomic E-state index is -0.291. The zero-order valence-electron chi connectivity index (χ0n) is 14.8. The summed E-state index contributed by atoms with van der Waals surface area (Å²) in [4.78, 5) is 22.9. The highest BCUT2D eigenvalue weighted by molar-refractivity contribution is 5.84. The summed E-state index contributed by atoms with van der Waals surface area (Å²) in [6.45, 7) is 1.16. The van der Waals surface area contributed by atoms with Gasteiger partial charge in [-0.1, -0.05) is 12.1 Å². The number of carbonyl (C=O) groups excluding carboxylic acids is 1. The number of fused-ring (bicyclic) bond motifs is 1. The van der Waals surface area contributed by atoms with Gasteiger partial charge in [0.05, 0.1) is 11.8 Å². The molecule has 6 nitrogen and oxygen atoms in total. The fourth-order valence-corrected chi connectivity index (χ4v) is 3.57. The minimum absolute atomic E-state index is 0.291. The van der Waals surface area contributed by atoms with Crippen molar-refractivity contribution in [2.24, 2.45) is 0 Å². The van der Waals surface area contributed by atoms with Crippen molar-refractivity contribution in [2.45, 2.75) is 25.4 Å². The molecule has 6 heteroatoms. The average Bonchev–Trinajstić information content (AvgIpc) is 3.11. The predicted octanol–water partition coefficient (Wildman–Crippen LogP) is 1.82. The van der Waals surface area contributed by atoms with Gasteiger partial charge in [-0.25, -0.2) is 9.97 Å². The van der Waals surface area contributed by atoms with Crippen LogP contribution >= 0.6 is 0 Å². The second kappa shape index (κ2) is 6.88. The molecular weight excluding hydrogens is 328 g/mol. The highest BCUT2D eigenvalue weighted by Crippen LogP contribution is 2.33. The second-order valence-electron chi connectivity index (χ2n) is 6.79. The maximum atomic E-state index is 11.3. The number of rotatable bonds is 5. The van der Waals surface area contributed by atoms with Crippen molar-refractivity contribution in [1.29, 1.82) is 0 Å². The molecule has 2 aromatic rings. The maximum absolute atomic E-state index is 11.3. The van der Waals surface area contributed by atoms with E-state index in [1.807, 2.05) is 42.4 Å². The van der Waals surface area contributed by atoms with Gasteiger partial charge in [-0.05, 0) is 43.2 Å². The number of hydrogen-bond acceptors (Lipinski definition) is 6. The van der Waals surface area contributed by atoms with Crippen LogP contribution in [0.3, 0.4) is 0 Å². The van der Waals surface area contributed by atoms with Gasteiger partial charge in [0.15, 0.2) is 6.29 Å². The van der Waals surface area contributed by atoms with Gasteiger partial charge in [-0.2, -0.15) is 0 Å². The van der Waals surface area contributed by atoms with Crippen LogP contribution in [0.4, 0.5) is 5.95 Å². The zero-order chi connectivity index (χ0) is 18.1. The number of carbonyl (C=O) groups is 1. The van der Waals surface area contributed by atoms with Gasteiger partial charge in [0, 0.05) is 42.5 Å². The summed E-state index contributed by atoms with van der Waals surface area (Å²) in [5, 5.41) is 12.6. The van der Waals surface area contributed by atoms with E-state index >= 15 is 0 Å². The Morgan fingerprint density at radius 2 is 2.08 bits per heavy atom. The van der Waals surface area contributed by atoms with E-state index in [9.17, 15) is 9.90 Å². The number of nitrogens with zero attached hydrogens (tertiary/aromatic N) is 3. The highest BCUT2D eigenvalue weighted by atomic mass is 16.3. The predicted molar refractivity (Wildman–Crippen MR) is 101 cm³/mol. The van der Waals surface area contributed by atoms with Crippen LogP contribution in [0, 0.1) is 0 Å². The lowest BCUT2D eigenvalue weighted by atomic mass is 9.99. The Morgan fingerprint density at radius 3 is 2.81 bits per heavy atom. The summed E-state index contributed by atoms with van der Waals surface area (Å²) >= 11 is 0. The molecule has 1 aromatic carbocycles. The fourth-order valence-electron chi connectivity index (χ4n) is 3.57. The molecule has 0 bridgehead atoms. The van der Waals surface area contributed by atoms with Crippen molar-refractivity contribution in [2.75, 3.05) is 25.0 Å². The molecule has 2 aliphatic rings. The lowest BCUT2D eigenvalue weighted by molar-refractivity contribution is 0.112. The number of β-amino-alcohol motifs (C(OH)–C–C–N with tert-alkyl or cyclic N) is 1. The molecule has 2 heterocycles. The molecule has 0 spiro atoms. The summed E-state index contributed by atoms with van der Waals surface area (Å²) in [5.41, 5.74) is 5.76. The van der Waals surface area contributed by atoms with Crippen LogP contribution < -0.4 is 10.2 Å². The van der Waals surface area contributed by atoms with E-state index in [0.717, 1.165) is 48.1 Å². The van der Waals surface area contributed by atoms with Crippen LogP contribution in [-0.2, 0) is 12.8 Å². The number of benzene rings is 1. The molecule has 134 valence electrons. The molecule has 0 saturated carbocycles. The van der Waals surface area contributed by atoms with Crippen molar-refractivity contribution in [3.8, 4) is 11.3 Å². The van der Waals surface area contributed by atoms with E-state index in [-0.39, 0.29) is 6.10 Å². The van der Waals surface area contributed by atoms with Crippen LogP contribution in [0.15, 0.2) is 24.4 Å². The second-order valence-corrected chi connectivity index (χ2v) is 6.79. The first-order chi connectivity index (χ1) is 12.7. The number of aldehydes is 1. The standard InChI is InChI=1S/C20H22N4O2/c1-21-8-7-13-9-14(5-6-15(13)12-25)19-17-3-2-4-18(17)22-20(23-19)24-10-16(26)11-24/h5-9,12,16,21,26H,2-4,10-11H2,1H3/b8-7-. The lowest BCUT2D eigenvalue weighted by Gasteiger charge is -2.36. The van der Waals surface area contributed by atoms with Crippen LogP contribution in [0.1, 0.15) is 33.6 Å². The number of anilines is 1. The highest BCUT2D eigenvalue weighted by Gasteiger charge is 2.29. The quantitative estimate of drug-likeness (QED) is 0.801. The van der Waals surface area contributed by atoms with Gasteiger partial charge < -0.3 is 15.3 Å². The smallest absolute Gasteiger partial charge is 0.226 e. The number of aliphatic hydroxyl groups excluding tert-OH is 1. The molecule has 2 N–H and O–H groups in total. The Morgan fingerprint density at radius 1 is 1.23 bits per heavy atom. The monoisotopic (exact) mass is 350 g/mol. The van der Waals surface area contributed by atoms with E-state index in [2.05, 4.69) is 5.32 Å².